The van der Waals surface area contributed by atoms with Crippen LogP contribution in [0.4, 0.5) is 5.82 Å². The molecule has 1 aliphatic rings. The van der Waals surface area contributed by atoms with Crippen molar-refractivity contribution in [2.75, 3.05) is 31.1 Å². The molecule has 2 aromatic rings. The smallest absolute Gasteiger partial charge is 0.227 e. The zero-order chi connectivity index (χ0) is 16.9. The first-order valence-corrected chi connectivity index (χ1v) is 8.34. The number of anilines is 1. The first-order valence-electron chi connectivity index (χ1n) is 8.34. The molecule has 8 heteroatoms. The number of aryl methyl sites for hydroxylation is 1. The molecular formula is C16H23N7O. The number of carbonyl (C=O) groups excluding carboxylic acids is 1. The Balaban J connectivity index is 1.55. The monoisotopic (exact) mass is 329 g/mol. The summed E-state index contributed by atoms with van der Waals surface area (Å²) in [4.78, 5) is 29.2. The Hall–Kier alpha value is -2.51. The van der Waals surface area contributed by atoms with E-state index in [1.165, 1.54) is 6.33 Å². The van der Waals surface area contributed by atoms with Gasteiger partial charge in [0.25, 0.3) is 0 Å². The predicted molar refractivity (Wildman–Crippen MR) is 89.4 cm³/mol. The Bertz CT molecular complexity index is 665. The van der Waals surface area contributed by atoms with E-state index >= 15 is 0 Å². The number of amides is 1. The van der Waals surface area contributed by atoms with E-state index in [0.717, 1.165) is 31.0 Å². The molecule has 3 rings (SSSR count). The van der Waals surface area contributed by atoms with Gasteiger partial charge in [-0.25, -0.2) is 15.0 Å². The third-order valence-electron chi connectivity index (χ3n) is 4.34. The lowest BCUT2D eigenvalue weighted by Gasteiger charge is -2.36. The van der Waals surface area contributed by atoms with Crippen LogP contribution in [0.3, 0.4) is 0 Å². The molecule has 1 unspecified atom stereocenters. The van der Waals surface area contributed by atoms with Gasteiger partial charge >= 0.3 is 0 Å². The Kier molecular flexibility index (Phi) is 5.02. The Morgan fingerprint density at radius 1 is 1.21 bits per heavy atom. The lowest BCUT2D eigenvalue weighted by atomic mass is 10.1. The second-order valence-corrected chi connectivity index (χ2v) is 6.05. The number of aromatic nitrogens is 5. The summed E-state index contributed by atoms with van der Waals surface area (Å²) in [5, 5.41) is 4.06. The maximum atomic E-state index is 12.6. The molecule has 8 nitrogen and oxygen atoms in total. The van der Waals surface area contributed by atoms with Gasteiger partial charge in [0.15, 0.2) is 0 Å². The van der Waals surface area contributed by atoms with Crippen molar-refractivity contribution in [2.45, 2.75) is 26.8 Å². The van der Waals surface area contributed by atoms with E-state index in [-0.39, 0.29) is 11.8 Å². The van der Waals surface area contributed by atoms with Crippen molar-refractivity contribution in [2.24, 2.45) is 5.92 Å². The number of carbonyl (C=O) groups is 1. The van der Waals surface area contributed by atoms with Crippen molar-refractivity contribution in [3.8, 4) is 0 Å². The molecule has 0 saturated carbocycles. The molecule has 0 radical (unpaired) electrons. The molecule has 0 aromatic carbocycles. The third kappa shape index (κ3) is 3.69. The molecule has 0 N–H and O–H groups in total. The molecule has 3 heterocycles. The molecule has 0 spiro atoms. The van der Waals surface area contributed by atoms with Gasteiger partial charge in [0.05, 0.1) is 12.5 Å². The summed E-state index contributed by atoms with van der Waals surface area (Å²) in [5.41, 5.74) is 1.04. The molecule has 0 bridgehead atoms. The molecule has 2 aromatic heterocycles. The van der Waals surface area contributed by atoms with Gasteiger partial charge in [-0.3, -0.25) is 9.48 Å². The number of hydrogen-bond acceptors (Lipinski definition) is 6. The number of nitrogens with zero attached hydrogens (tertiary/aromatic N) is 7. The van der Waals surface area contributed by atoms with Crippen LogP contribution in [0.5, 0.6) is 0 Å². The summed E-state index contributed by atoms with van der Waals surface area (Å²) in [6.45, 7) is 7.60. The Morgan fingerprint density at radius 2 is 2.00 bits per heavy atom. The van der Waals surface area contributed by atoms with E-state index in [4.69, 9.17) is 0 Å². The number of rotatable bonds is 5. The predicted octanol–water partition coefficient (Wildman–Crippen LogP) is 0.615. The minimum Gasteiger partial charge on any atom is -0.353 e. The highest BCUT2D eigenvalue weighted by atomic mass is 16.2. The highest BCUT2D eigenvalue weighted by Crippen LogP contribution is 2.16. The van der Waals surface area contributed by atoms with Crippen molar-refractivity contribution < 1.29 is 4.79 Å². The van der Waals surface area contributed by atoms with Crippen LogP contribution in [0.2, 0.25) is 0 Å². The summed E-state index contributed by atoms with van der Waals surface area (Å²) in [5.74, 6) is 1.01. The average Bonchev–Trinajstić information content (AvgIpc) is 3.14. The van der Waals surface area contributed by atoms with Gasteiger partial charge in [-0.15, -0.1) is 0 Å². The van der Waals surface area contributed by atoms with E-state index in [9.17, 15) is 4.79 Å². The van der Waals surface area contributed by atoms with E-state index < -0.39 is 0 Å². The molecule has 128 valence electrons. The second kappa shape index (κ2) is 7.37. The third-order valence-corrected chi connectivity index (χ3v) is 4.34. The van der Waals surface area contributed by atoms with Crippen LogP contribution >= 0.6 is 0 Å². The highest BCUT2D eigenvalue weighted by molar-refractivity contribution is 5.78. The van der Waals surface area contributed by atoms with Crippen LogP contribution in [-0.2, 0) is 17.8 Å². The van der Waals surface area contributed by atoms with Gasteiger partial charge in [-0.2, -0.15) is 5.10 Å². The van der Waals surface area contributed by atoms with Crippen molar-refractivity contribution in [1.82, 2.24) is 29.6 Å². The van der Waals surface area contributed by atoms with Gasteiger partial charge in [-0.1, -0.05) is 13.8 Å². The van der Waals surface area contributed by atoms with Gasteiger partial charge in [0, 0.05) is 37.9 Å². The number of piperazine rings is 1. The van der Waals surface area contributed by atoms with Crippen LogP contribution in [0.25, 0.3) is 0 Å². The van der Waals surface area contributed by atoms with Gasteiger partial charge in [0.2, 0.25) is 5.91 Å². The number of hydrogen-bond donors (Lipinski definition) is 0. The molecule has 1 amide bonds. The summed E-state index contributed by atoms with van der Waals surface area (Å²) in [7, 11) is 0. The molecule has 0 aliphatic carbocycles. The van der Waals surface area contributed by atoms with Crippen molar-refractivity contribution >= 4 is 11.7 Å². The van der Waals surface area contributed by atoms with Crippen molar-refractivity contribution in [3.63, 3.8) is 0 Å². The zero-order valence-electron chi connectivity index (χ0n) is 14.2. The topological polar surface area (TPSA) is 80.0 Å². The largest absolute Gasteiger partial charge is 0.353 e. The lowest BCUT2D eigenvalue weighted by molar-refractivity contribution is -0.135. The zero-order valence-corrected chi connectivity index (χ0v) is 14.2. The molecule has 1 fully saturated rings. The SMILES string of the molecule is CCc1cc(N2CCN(C(=O)C(C)Cn3cncn3)CC2)ncn1. The fourth-order valence-corrected chi connectivity index (χ4v) is 2.91. The molecule has 1 atom stereocenters. The van der Waals surface area contributed by atoms with Crippen LogP contribution in [0, 0.1) is 5.92 Å². The minimum absolute atomic E-state index is 0.107. The Labute approximate surface area is 141 Å². The Morgan fingerprint density at radius 3 is 2.67 bits per heavy atom. The normalized spacial score (nSPS) is 16.2. The van der Waals surface area contributed by atoms with E-state index in [1.54, 1.807) is 17.3 Å². The first kappa shape index (κ1) is 16.4. The summed E-state index contributed by atoms with van der Waals surface area (Å²) < 4.78 is 1.70. The fourth-order valence-electron chi connectivity index (χ4n) is 2.91. The minimum atomic E-state index is -0.107. The van der Waals surface area contributed by atoms with Crippen LogP contribution in [0.15, 0.2) is 25.0 Å². The van der Waals surface area contributed by atoms with Gasteiger partial charge in [-0.05, 0) is 6.42 Å². The molecule has 24 heavy (non-hydrogen) atoms. The second-order valence-electron chi connectivity index (χ2n) is 6.05. The first-order chi connectivity index (χ1) is 11.7. The van der Waals surface area contributed by atoms with E-state index in [2.05, 4.69) is 31.9 Å². The highest BCUT2D eigenvalue weighted by Gasteiger charge is 2.25. The van der Waals surface area contributed by atoms with Crippen LogP contribution in [-0.4, -0.2) is 61.7 Å². The molecule has 1 aliphatic heterocycles. The van der Waals surface area contributed by atoms with Crippen molar-refractivity contribution in [3.05, 3.63) is 30.7 Å². The van der Waals surface area contributed by atoms with E-state index in [0.29, 0.717) is 19.6 Å². The lowest BCUT2D eigenvalue weighted by Crippen LogP contribution is -2.50. The fraction of sp³-hybridized carbons (Fsp3) is 0.562. The summed E-state index contributed by atoms with van der Waals surface area (Å²) >= 11 is 0. The quantitative estimate of drug-likeness (QED) is 0.800. The molecular weight excluding hydrogens is 306 g/mol. The van der Waals surface area contributed by atoms with Gasteiger partial charge in [0.1, 0.15) is 24.8 Å². The maximum Gasteiger partial charge on any atom is 0.227 e. The van der Waals surface area contributed by atoms with Crippen LogP contribution in [0.1, 0.15) is 19.5 Å². The summed E-state index contributed by atoms with van der Waals surface area (Å²) in [6.07, 6.45) is 5.64. The maximum absolute atomic E-state index is 12.6. The van der Waals surface area contributed by atoms with Gasteiger partial charge < -0.3 is 9.80 Å². The average molecular weight is 329 g/mol. The van der Waals surface area contributed by atoms with Crippen molar-refractivity contribution in [1.29, 1.82) is 0 Å². The van der Waals surface area contributed by atoms with Crippen LogP contribution < -0.4 is 4.90 Å². The molecule has 1 saturated heterocycles. The summed E-state index contributed by atoms with van der Waals surface area (Å²) in [6, 6.07) is 2.03. The standard InChI is InChI=1S/C16H23N7O/c1-3-14-8-15(19-11-18-14)21-4-6-22(7-5-21)16(24)13(2)9-23-12-17-10-20-23/h8,10-13H,3-7,9H2,1-2H3. The van der Waals surface area contributed by atoms with E-state index in [1.807, 2.05) is 17.9 Å².